The van der Waals surface area contributed by atoms with Crippen molar-refractivity contribution in [1.82, 2.24) is 20.0 Å². The maximum atomic E-state index is 14.0. The quantitative estimate of drug-likeness (QED) is 0.430. The molecule has 0 spiro atoms. The van der Waals surface area contributed by atoms with Crippen molar-refractivity contribution >= 4 is 29.4 Å². The number of hydrogen-bond acceptors (Lipinski definition) is 3. The van der Waals surface area contributed by atoms with Gasteiger partial charge in [-0.2, -0.15) is 13.2 Å². The molecule has 3 atom stereocenters. The van der Waals surface area contributed by atoms with E-state index in [0.29, 0.717) is 24.5 Å². The highest BCUT2D eigenvalue weighted by Crippen LogP contribution is 2.40. The van der Waals surface area contributed by atoms with Crippen LogP contribution in [0.4, 0.5) is 18.0 Å². The lowest BCUT2D eigenvalue weighted by Gasteiger charge is -2.45. The Morgan fingerprint density at radius 1 is 0.927 bits per heavy atom. The highest BCUT2D eigenvalue weighted by Gasteiger charge is 2.47. The third-order valence-electron chi connectivity index (χ3n) is 8.92. The molecule has 0 unspecified atom stereocenters. The first-order chi connectivity index (χ1) is 18.9. The molecule has 4 amide bonds. The minimum Gasteiger partial charge on any atom is -0.340 e. The normalized spacial score (nSPS) is 25.3. The summed E-state index contributed by atoms with van der Waals surface area (Å²) in [5.41, 5.74) is 0.413. The minimum absolute atomic E-state index is 0.0241. The lowest BCUT2D eigenvalue weighted by molar-refractivity contribution is -0.148. The fourth-order valence-corrected chi connectivity index (χ4v) is 6.68. The van der Waals surface area contributed by atoms with Gasteiger partial charge in [-0.1, -0.05) is 58.4 Å². The second kappa shape index (κ2) is 11.7. The molecule has 1 aromatic carbocycles. The molecule has 2 heterocycles. The molecule has 1 aromatic rings. The van der Waals surface area contributed by atoms with Crippen LogP contribution >= 0.6 is 11.6 Å². The Labute approximate surface area is 245 Å². The number of carbonyl (C=O) groups is 3. The number of alkyl halides is 3. The summed E-state index contributed by atoms with van der Waals surface area (Å²) in [6.45, 7) is 10.9. The van der Waals surface area contributed by atoms with E-state index in [9.17, 15) is 27.6 Å². The van der Waals surface area contributed by atoms with E-state index in [1.807, 2.05) is 25.7 Å². The molecule has 4 rings (SSSR count). The van der Waals surface area contributed by atoms with E-state index in [4.69, 9.17) is 11.6 Å². The molecule has 41 heavy (non-hydrogen) atoms. The van der Waals surface area contributed by atoms with Gasteiger partial charge in [-0.3, -0.25) is 9.59 Å². The van der Waals surface area contributed by atoms with Crippen molar-refractivity contribution in [3.05, 3.63) is 34.9 Å². The van der Waals surface area contributed by atoms with E-state index in [0.717, 1.165) is 41.5 Å². The van der Waals surface area contributed by atoms with Gasteiger partial charge in [0.05, 0.1) is 12.0 Å². The number of amides is 4. The van der Waals surface area contributed by atoms with E-state index in [1.54, 1.807) is 29.2 Å². The molecule has 7 nitrogen and oxygen atoms in total. The molecular weight excluding hydrogens is 557 g/mol. The number of benzene rings is 1. The first-order valence-corrected chi connectivity index (χ1v) is 14.8. The summed E-state index contributed by atoms with van der Waals surface area (Å²) in [4.78, 5) is 44.9. The number of rotatable bonds is 4. The Hall–Kier alpha value is -2.49. The molecule has 0 bridgehead atoms. The fraction of sp³-hybridized carbons (Fsp3) is 0.700. The van der Waals surface area contributed by atoms with Gasteiger partial charge < -0.3 is 14.7 Å². The van der Waals surface area contributed by atoms with Crippen LogP contribution in [0, 0.1) is 16.7 Å². The van der Waals surface area contributed by atoms with Crippen LogP contribution in [-0.4, -0.2) is 77.1 Å². The molecular formula is C30H42ClF3N4O3. The number of nitrogens with zero attached hydrogens (tertiary/aromatic N) is 3. The summed E-state index contributed by atoms with van der Waals surface area (Å²) in [6, 6.07) is 5.56. The Bertz CT molecular complexity index is 1130. The lowest BCUT2D eigenvalue weighted by atomic mass is 9.74. The molecule has 228 valence electrons. The monoisotopic (exact) mass is 598 g/mol. The molecule has 0 radical (unpaired) electrons. The molecule has 3 fully saturated rings. The largest absolute Gasteiger partial charge is 0.485 e. The molecule has 1 N–H and O–H groups in total. The van der Waals surface area contributed by atoms with E-state index in [2.05, 4.69) is 13.8 Å². The Morgan fingerprint density at radius 2 is 1.54 bits per heavy atom. The van der Waals surface area contributed by atoms with Crippen LogP contribution < -0.4 is 5.32 Å². The molecule has 2 aliphatic heterocycles. The third-order valence-corrected chi connectivity index (χ3v) is 9.17. The van der Waals surface area contributed by atoms with Crippen molar-refractivity contribution in [2.24, 2.45) is 16.7 Å². The Morgan fingerprint density at radius 3 is 2.10 bits per heavy atom. The van der Waals surface area contributed by atoms with E-state index in [1.165, 1.54) is 0 Å². The van der Waals surface area contributed by atoms with Crippen molar-refractivity contribution in [1.29, 1.82) is 0 Å². The van der Waals surface area contributed by atoms with Gasteiger partial charge in [0, 0.05) is 48.6 Å². The van der Waals surface area contributed by atoms with Gasteiger partial charge in [-0.15, -0.1) is 0 Å². The van der Waals surface area contributed by atoms with Crippen molar-refractivity contribution in [3.63, 3.8) is 0 Å². The lowest BCUT2D eigenvalue weighted by Crippen LogP contribution is -2.54. The van der Waals surface area contributed by atoms with Crippen LogP contribution in [0.1, 0.15) is 78.2 Å². The zero-order valence-corrected chi connectivity index (χ0v) is 25.3. The summed E-state index contributed by atoms with van der Waals surface area (Å²) in [5.74, 6) is -1.32. The number of likely N-dealkylation sites (tertiary alicyclic amines) is 2. The number of nitrogens with one attached hydrogen (secondary N) is 1. The molecule has 1 saturated carbocycles. The van der Waals surface area contributed by atoms with Crippen LogP contribution in [0.2, 0.25) is 5.02 Å². The van der Waals surface area contributed by atoms with E-state index >= 15 is 0 Å². The zero-order chi connectivity index (χ0) is 30.3. The molecule has 0 aromatic heterocycles. The summed E-state index contributed by atoms with van der Waals surface area (Å²) >= 11 is 6.05. The number of halogens is 4. The third kappa shape index (κ3) is 7.48. The fourth-order valence-electron chi connectivity index (χ4n) is 6.55. The van der Waals surface area contributed by atoms with Crippen LogP contribution in [-0.2, 0) is 9.59 Å². The summed E-state index contributed by atoms with van der Waals surface area (Å²) < 4.78 is 38.7. The molecule has 2 saturated heterocycles. The average Bonchev–Trinajstić information content (AvgIpc) is 3.52. The molecule has 11 heteroatoms. The van der Waals surface area contributed by atoms with Crippen LogP contribution in [0.5, 0.6) is 0 Å². The van der Waals surface area contributed by atoms with Gasteiger partial charge in [0.25, 0.3) is 0 Å². The van der Waals surface area contributed by atoms with Crippen LogP contribution in [0.15, 0.2) is 24.3 Å². The van der Waals surface area contributed by atoms with Crippen molar-refractivity contribution in [2.75, 3.05) is 26.2 Å². The number of hydrogen-bond donors (Lipinski definition) is 1. The first kappa shape index (κ1) is 31.4. The Balaban J connectivity index is 1.54. The zero-order valence-electron chi connectivity index (χ0n) is 24.6. The van der Waals surface area contributed by atoms with Gasteiger partial charge >= 0.3 is 12.3 Å². The highest BCUT2D eigenvalue weighted by molar-refractivity contribution is 6.30. The van der Waals surface area contributed by atoms with Crippen molar-refractivity contribution in [3.8, 4) is 0 Å². The second-order valence-corrected chi connectivity index (χ2v) is 14.1. The van der Waals surface area contributed by atoms with Gasteiger partial charge in [-0.05, 0) is 55.2 Å². The smallest absolute Gasteiger partial charge is 0.340 e. The predicted molar refractivity (Wildman–Crippen MR) is 151 cm³/mol. The standard InChI is InChI=1S/C30H42ClF3N4O3/c1-28(2,3)26(40)38(21-10-13-29(4,5)14-11-21)22-12-15-36(16-22)25(39)24-18-37(27(41)35-30(32,33)34)17-23(24)19-6-8-20(31)9-7-19/h6-9,21-24H,10-18H2,1-5H3,(H,35,41)/t22-,23-,24+/m0/s1. The average molecular weight is 599 g/mol. The topological polar surface area (TPSA) is 73.0 Å². The van der Waals surface area contributed by atoms with E-state index < -0.39 is 29.6 Å². The second-order valence-electron chi connectivity index (χ2n) is 13.7. The van der Waals surface area contributed by atoms with Crippen LogP contribution in [0.25, 0.3) is 0 Å². The van der Waals surface area contributed by atoms with Gasteiger partial charge in [-0.25, -0.2) is 10.1 Å². The Kier molecular flexibility index (Phi) is 8.94. The molecule has 3 aliphatic rings. The number of urea groups is 1. The molecule has 1 aliphatic carbocycles. The van der Waals surface area contributed by atoms with E-state index in [-0.39, 0.29) is 42.4 Å². The summed E-state index contributed by atoms with van der Waals surface area (Å²) in [5, 5.41) is 1.56. The van der Waals surface area contributed by atoms with Gasteiger partial charge in [0.1, 0.15) is 0 Å². The summed E-state index contributed by atoms with van der Waals surface area (Å²) in [6.07, 6.45) is -0.324. The SMILES string of the molecule is CC1(C)CCC(N(C(=O)C(C)(C)C)[C@H]2CCN(C(=O)[C@@H]3CN(C(=O)NC(F)(F)F)C[C@H]3c3ccc(Cl)cc3)C2)CC1. The first-order valence-electron chi connectivity index (χ1n) is 14.5. The van der Waals surface area contributed by atoms with Crippen LogP contribution in [0.3, 0.4) is 0 Å². The summed E-state index contributed by atoms with van der Waals surface area (Å²) in [7, 11) is 0. The number of carbonyl (C=O) groups excluding carboxylic acids is 3. The van der Waals surface area contributed by atoms with Gasteiger partial charge in [0.2, 0.25) is 11.8 Å². The predicted octanol–water partition coefficient (Wildman–Crippen LogP) is 6.03. The minimum atomic E-state index is -4.87. The van der Waals surface area contributed by atoms with Crippen molar-refractivity contribution in [2.45, 2.75) is 91.0 Å². The maximum Gasteiger partial charge on any atom is 0.485 e. The highest BCUT2D eigenvalue weighted by atomic mass is 35.5. The maximum absolute atomic E-state index is 14.0. The van der Waals surface area contributed by atoms with Crippen molar-refractivity contribution < 1.29 is 27.6 Å². The van der Waals surface area contributed by atoms with Gasteiger partial charge in [0.15, 0.2) is 0 Å².